The Morgan fingerprint density at radius 2 is 1.75 bits per heavy atom. The average molecular weight is 336 g/mol. The topological polar surface area (TPSA) is 50.7 Å². The van der Waals surface area contributed by atoms with Crippen molar-refractivity contribution in [2.45, 2.75) is 0 Å². The van der Waals surface area contributed by atoms with Gasteiger partial charge in [0.15, 0.2) is 6.61 Å². The molecule has 0 aliphatic rings. The van der Waals surface area contributed by atoms with E-state index in [0.29, 0.717) is 0 Å². The van der Waals surface area contributed by atoms with Gasteiger partial charge < -0.3 is 10.2 Å². The van der Waals surface area contributed by atoms with Gasteiger partial charge in [0.1, 0.15) is 0 Å². The number of carbonyl (C=O) groups excluding carboxylic acids is 1. The van der Waals surface area contributed by atoms with Crippen molar-refractivity contribution in [1.29, 1.82) is 0 Å². The maximum atomic E-state index is 11.8. The molecule has 0 saturated heterocycles. The fraction of sp³-hybridized carbons (Fsp3) is 0.0526. The first-order valence-corrected chi connectivity index (χ1v) is 8.33. The third-order valence-corrected chi connectivity index (χ3v) is 4.08. The molecule has 0 radical (unpaired) electrons. The van der Waals surface area contributed by atoms with Crippen LogP contribution in [0.1, 0.15) is 4.88 Å². The highest BCUT2D eigenvalue weighted by Crippen LogP contribution is 2.20. The summed E-state index contributed by atoms with van der Waals surface area (Å²) in [5.74, 6) is -0.245. The number of carbonyl (C=O) groups is 1. The molecule has 1 amide bonds. The van der Waals surface area contributed by atoms with Crippen molar-refractivity contribution in [1.82, 2.24) is 0 Å². The molecule has 5 heteroatoms. The quantitative estimate of drug-likeness (QED) is 0.536. The first-order valence-electron chi connectivity index (χ1n) is 7.45. The molecule has 0 atom stereocenters. The smallest absolute Gasteiger partial charge is 0.265 e. The number of anilines is 1. The Balaban J connectivity index is 1.49. The predicted octanol–water partition coefficient (Wildman–Crippen LogP) is 4.40. The number of amides is 1. The van der Waals surface area contributed by atoms with Crippen molar-refractivity contribution < 1.29 is 9.63 Å². The highest BCUT2D eigenvalue weighted by Gasteiger charge is 2.03. The van der Waals surface area contributed by atoms with Crippen molar-refractivity contribution >= 4 is 29.1 Å². The lowest BCUT2D eigenvalue weighted by Gasteiger charge is -2.06. The van der Waals surface area contributed by atoms with E-state index in [1.807, 2.05) is 72.1 Å². The molecule has 0 saturated carbocycles. The lowest BCUT2D eigenvalue weighted by Crippen LogP contribution is -2.16. The van der Waals surface area contributed by atoms with Crippen LogP contribution in [0.4, 0.5) is 5.69 Å². The van der Waals surface area contributed by atoms with Crippen molar-refractivity contribution in [2.24, 2.45) is 5.16 Å². The molecule has 0 fully saturated rings. The lowest BCUT2D eigenvalue weighted by molar-refractivity contribution is -0.120. The lowest BCUT2D eigenvalue weighted by atomic mass is 10.1. The van der Waals surface area contributed by atoms with E-state index in [4.69, 9.17) is 4.84 Å². The van der Waals surface area contributed by atoms with Gasteiger partial charge >= 0.3 is 0 Å². The highest BCUT2D eigenvalue weighted by molar-refractivity contribution is 7.11. The van der Waals surface area contributed by atoms with E-state index in [1.165, 1.54) is 0 Å². The molecule has 2 aromatic carbocycles. The number of hydrogen-bond donors (Lipinski definition) is 1. The van der Waals surface area contributed by atoms with Gasteiger partial charge in [0.25, 0.3) is 5.91 Å². The fourth-order valence-electron chi connectivity index (χ4n) is 2.12. The molecule has 3 aromatic rings. The number of nitrogens with zero attached hydrogens (tertiary/aromatic N) is 1. The first-order chi connectivity index (χ1) is 11.8. The van der Waals surface area contributed by atoms with Gasteiger partial charge in [-0.15, -0.1) is 11.3 Å². The van der Waals surface area contributed by atoms with E-state index in [1.54, 1.807) is 17.6 Å². The summed E-state index contributed by atoms with van der Waals surface area (Å²) >= 11 is 1.55. The highest BCUT2D eigenvalue weighted by atomic mass is 32.1. The Morgan fingerprint density at radius 1 is 1.00 bits per heavy atom. The maximum Gasteiger partial charge on any atom is 0.265 e. The minimum atomic E-state index is -0.245. The normalized spacial score (nSPS) is 10.7. The van der Waals surface area contributed by atoms with Crippen LogP contribution in [-0.4, -0.2) is 18.7 Å². The minimum Gasteiger partial charge on any atom is -0.386 e. The molecule has 1 heterocycles. The molecule has 3 rings (SSSR count). The number of hydrogen-bond acceptors (Lipinski definition) is 4. The van der Waals surface area contributed by atoms with E-state index in [-0.39, 0.29) is 12.5 Å². The van der Waals surface area contributed by atoms with Gasteiger partial charge in [-0.25, -0.2) is 0 Å². The van der Waals surface area contributed by atoms with Crippen molar-refractivity contribution in [2.75, 3.05) is 11.9 Å². The van der Waals surface area contributed by atoms with Crippen LogP contribution in [0, 0.1) is 0 Å². The van der Waals surface area contributed by atoms with E-state index in [0.717, 1.165) is 21.7 Å². The molecule has 4 nitrogen and oxygen atoms in total. The molecular weight excluding hydrogens is 320 g/mol. The van der Waals surface area contributed by atoms with E-state index >= 15 is 0 Å². The van der Waals surface area contributed by atoms with E-state index < -0.39 is 0 Å². The van der Waals surface area contributed by atoms with Gasteiger partial charge in [-0.1, -0.05) is 53.7 Å². The van der Waals surface area contributed by atoms with Crippen LogP contribution in [0.15, 0.2) is 77.3 Å². The first kappa shape index (κ1) is 16.0. The number of rotatable bonds is 6. The van der Waals surface area contributed by atoms with Crippen LogP contribution in [0.5, 0.6) is 0 Å². The van der Waals surface area contributed by atoms with Crippen molar-refractivity contribution in [3.8, 4) is 11.1 Å². The molecule has 0 unspecified atom stereocenters. The molecule has 0 bridgehead atoms. The largest absolute Gasteiger partial charge is 0.386 e. The van der Waals surface area contributed by atoms with E-state index in [2.05, 4.69) is 10.5 Å². The van der Waals surface area contributed by atoms with Gasteiger partial charge in [-0.3, -0.25) is 4.79 Å². The summed E-state index contributed by atoms with van der Waals surface area (Å²) in [6.45, 7) is -0.123. The molecule has 0 aliphatic carbocycles. The van der Waals surface area contributed by atoms with Crippen LogP contribution >= 0.6 is 11.3 Å². The van der Waals surface area contributed by atoms with Crippen LogP contribution in [0.2, 0.25) is 0 Å². The van der Waals surface area contributed by atoms with Gasteiger partial charge in [-0.05, 0) is 34.7 Å². The zero-order valence-corrected chi connectivity index (χ0v) is 13.7. The third-order valence-electron chi connectivity index (χ3n) is 3.27. The van der Waals surface area contributed by atoms with Crippen LogP contribution in [0.3, 0.4) is 0 Å². The Labute approximate surface area is 144 Å². The van der Waals surface area contributed by atoms with Gasteiger partial charge in [0.2, 0.25) is 0 Å². The summed E-state index contributed by atoms with van der Waals surface area (Å²) in [5, 5.41) is 8.50. The molecule has 0 spiro atoms. The third kappa shape index (κ3) is 4.54. The fourth-order valence-corrected chi connectivity index (χ4v) is 2.70. The molecule has 120 valence electrons. The van der Waals surface area contributed by atoms with Crippen molar-refractivity contribution in [3.05, 3.63) is 77.0 Å². The molecule has 24 heavy (non-hydrogen) atoms. The molecule has 1 N–H and O–H groups in total. The second-order valence-corrected chi connectivity index (χ2v) is 5.99. The number of benzene rings is 2. The molecule has 0 aliphatic heterocycles. The Morgan fingerprint density at radius 3 is 2.46 bits per heavy atom. The maximum absolute atomic E-state index is 11.8. The Bertz CT molecular complexity index is 797. The SMILES string of the molecule is O=C(CO/N=C/c1cccs1)Nc1ccc(-c2ccccc2)cc1. The summed E-state index contributed by atoms with van der Waals surface area (Å²) in [6.07, 6.45) is 1.59. The Kier molecular flexibility index (Phi) is 5.37. The summed E-state index contributed by atoms with van der Waals surface area (Å²) in [7, 11) is 0. The molecular formula is C19H16N2O2S. The van der Waals surface area contributed by atoms with Gasteiger partial charge in [0, 0.05) is 10.6 Å². The van der Waals surface area contributed by atoms with Gasteiger partial charge in [-0.2, -0.15) is 0 Å². The van der Waals surface area contributed by atoms with Crippen LogP contribution in [0.25, 0.3) is 11.1 Å². The predicted molar refractivity (Wildman–Crippen MR) is 98.4 cm³/mol. The zero-order chi connectivity index (χ0) is 16.6. The average Bonchev–Trinajstić information content (AvgIpc) is 3.14. The number of oxime groups is 1. The standard InChI is InChI=1S/C19H16N2O2S/c22-19(14-23-20-13-18-7-4-12-24-18)21-17-10-8-16(9-11-17)15-5-2-1-3-6-15/h1-13H,14H2,(H,21,22)/b20-13+. The minimum absolute atomic E-state index is 0.123. The Hall–Kier alpha value is -2.92. The summed E-state index contributed by atoms with van der Waals surface area (Å²) in [4.78, 5) is 17.8. The summed E-state index contributed by atoms with van der Waals surface area (Å²) in [6, 6.07) is 21.6. The van der Waals surface area contributed by atoms with Crippen molar-refractivity contribution in [3.63, 3.8) is 0 Å². The second-order valence-electron chi connectivity index (χ2n) is 5.01. The number of thiophene rings is 1. The summed E-state index contributed by atoms with van der Waals surface area (Å²) in [5.41, 5.74) is 2.97. The number of nitrogens with one attached hydrogen (secondary N) is 1. The summed E-state index contributed by atoms with van der Waals surface area (Å²) < 4.78 is 0. The van der Waals surface area contributed by atoms with E-state index in [9.17, 15) is 4.79 Å². The second kappa shape index (κ2) is 8.08. The zero-order valence-electron chi connectivity index (χ0n) is 12.9. The van der Waals surface area contributed by atoms with Crippen LogP contribution < -0.4 is 5.32 Å². The monoisotopic (exact) mass is 336 g/mol. The van der Waals surface area contributed by atoms with Crippen LogP contribution in [-0.2, 0) is 9.63 Å². The molecule has 1 aromatic heterocycles. The van der Waals surface area contributed by atoms with Gasteiger partial charge in [0.05, 0.1) is 6.21 Å².